The second-order valence-corrected chi connectivity index (χ2v) is 9.41. The van der Waals surface area contributed by atoms with E-state index in [2.05, 4.69) is 33.8 Å². The summed E-state index contributed by atoms with van der Waals surface area (Å²) in [6.45, 7) is 6.10. The van der Waals surface area contributed by atoms with Crippen molar-refractivity contribution in [2.24, 2.45) is 0 Å². The largest absolute Gasteiger partial charge is 0.474 e. The standard InChI is InChI=1S/C28H28N8O2/c1-3-14-35-27(37)22-18-30-28(31-20-10-9-19-6-5-13-29-23(19)17-20)33-26(22)36(35)24-7-4-8-25(32-24)38-21-11-15-34(2)16-12-21/h3-10,13,17-18,21H,1,11-12,14-16H2,2H3,(H,30,31,33). The predicted octanol–water partition coefficient (Wildman–Crippen LogP) is 3.93. The Morgan fingerprint density at radius 3 is 2.82 bits per heavy atom. The summed E-state index contributed by atoms with van der Waals surface area (Å²) in [5, 5.41) is 4.67. The minimum Gasteiger partial charge on any atom is -0.474 e. The molecule has 0 spiro atoms. The Balaban J connectivity index is 1.38. The van der Waals surface area contributed by atoms with Crippen LogP contribution in [0.1, 0.15) is 12.8 Å². The van der Waals surface area contributed by atoms with E-state index in [1.165, 1.54) is 0 Å². The number of benzene rings is 1. The van der Waals surface area contributed by atoms with E-state index >= 15 is 0 Å². The number of likely N-dealkylation sites (tertiary alicyclic amines) is 1. The SMILES string of the molecule is C=CCn1c(=O)c2cnc(Nc3ccc4cccnc4c3)nc2n1-c1cccc(OC2CCN(C)CC2)n1. The fraction of sp³-hybridized carbons (Fsp3) is 0.250. The highest BCUT2D eigenvalue weighted by atomic mass is 16.5. The van der Waals surface area contributed by atoms with Crippen LogP contribution >= 0.6 is 0 Å². The molecule has 10 heteroatoms. The number of allylic oxidation sites excluding steroid dienone is 1. The number of hydrogen-bond donors (Lipinski definition) is 1. The summed E-state index contributed by atoms with van der Waals surface area (Å²) in [7, 11) is 2.12. The second kappa shape index (κ2) is 10.1. The minimum absolute atomic E-state index is 0.111. The number of aromatic nitrogens is 6. The van der Waals surface area contributed by atoms with E-state index in [1.807, 2.05) is 48.5 Å². The van der Waals surface area contributed by atoms with Gasteiger partial charge in [0.05, 0.1) is 12.1 Å². The highest BCUT2D eigenvalue weighted by molar-refractivity contribution is 5.83. The Hall–Kier alpha value is -4.57. The van der Waals surface area contributed by atoms with Crippen molar-refractivity contribution in [1.29, 1.82) is 0 Å². The minimum atomic E-state index is -0.218. The van der Waals surface area contributed by atoms with Gasteiger partial charge >= 0.3 is 0 Å². The molecular weight excluding hydrogens is 480 g/mol. The third-order valence-corrected chi connectivity index (χ3v) is 6.72. The molecule has 0 bridgehead atoms. The number of anilines is 2. The van der Waals surface area contributed by atoms with Gasteiger partial charge < -0.3 is 15.0 Å². The van der Waals surface area contributed by atoms with Crippen molar-refractivity contribution < 1.29 is 4.74 Å². The molecule has 0 radical (unpaired) electrons. The average Bonchev–Trinajstić information content (AvgIpc) is 3.21. The molecule has 5 aromatic rings. The third kappa shape index (κ3) is 4.61. The molecule has 1 aromatic carbocycles. The molecule has 192 valence electrons. The number of nitrogens with zero attached hydrogens (tertiary/aromatic N) is 7. The first-order chi connectivity index (χ1) is 18.6. The van der Waals surface area contributed by atoms with E-state index in [-0.39, 0.29) is 18.2 Å². The van der Waals surface area contributed by atoms with Gasteiger partial charge in [-0.05, 0) is 44.2 Å². The van der Waals surface area contributed by atoms with Gasteiger partial charge in [0.25, 0.3) is 5.56 Å². The molecule has 1 aliphatic heterocycles. The first-order valence-corrected chi connectivity index (χ1v) is 12.6. The zero-order valence-electron chi connectivity index (χ0n) is 21.1. The number of piperidine rings is 1. The van der Waals surface area contributed by atoms with Crippen LogP contribution in [0.15, 0.2) is 78.4 Å². The van der Waals surface area contributed by atoms with Crippen LogP contribution in [0.2, 0.25) is 0 Å². The van der Waals surface area contributed by atoms with E-state index in [0.29, 0.717) is 28.7 Å². The molecule has 4 aromatic heterocycles. The van der Waals surface area contributed by atoms with Crippen LogP contribution in [0, 0.1) is 0 Å². The van der Waals surface area contributed by atoms with Crippen molar-refractivity contribution in [2.45, 2.75) is 25.5 Å². The molecule has 10 nitrogen and oxygen atoms in total. The number of hydrogen-bond acceptors (Lipinski definition) is 8. The Labute approximate surface area is 219 Å². The Morgan fingerprint density at radius 1 is 1.11 bits per heavy atom. The zero-order valence-corrected chi connectivity index (χ0v) is 21.1. The zero-order chi connectivity index (χ0) is 26.1. The lowest BCUT2D eigenvalue weighted by Gasteiger charge is -2.29. The first-order valence-electron chi connectivity index (χ1n) is 12.6. The van der Waals surface area contributed by atoms with Crippen LogP contribution in [-0.4, -0.2) is 60.4 Å². The highest BCUT2D eigenvalue weighted by Crippen LogP contribution is 2.23. The van der Waals surface area contributed by atoms with Crippen molar-refractivity contribution in [3.63, 3.8) is 0 Å². The molecule has 0 aliphatic carbocycles. The fourth-order valence-electron chi connectivity index (χ4n) is 4.74. The highest BCUT2D eigenvalue weighted by Gasteiger charge is 2.21. The predicted molar refractivity (Wildman–Crippen MR) is 147 cm³/mol. The van der Waals surface area contributed by atoms with Crippen molar-refractivity contribution in [3.05, 3.63) is 83.9 Å². The molecule has 1 N–H and O–H groups in total. The van der Waals surface area contributed by atoms with E-state index in [0.717, 1.165) is 42.5 Å². The third-order valence-electron chi connectivity index (χ3n) is 6.72. The topological polar surface area (TPSA) is 103 Å². The van der Waals surface area contributed by atoms with Gasteiger partial charge in [0.15, 0.2) is 11.5 Å². The van der Waals surface area contributed by atoms with Crippen molar-refractivity contribution in [3.8, 4) is 11.7 Å². The van der Waals surface area contributed by atoms with E-state index in [9.17, 15) is 4.79 Å². The van der Waals surface area contributed by atoms with Crippen molar-refractivity contribution >= 4 is 33.6 Å². The Kier molecular flexibility index (Phi) is 6.30. The summed E-state index contributed by atoms with van der Waals surface area (Å²) in [6, 6.07) is 15.3. The summed E-state index contributed by atoms with van der Waals surface area (Å²) in [4.78, 5) is 33.9. The smallest absolute Gasteiger partial charge is 0.278 e. The quantitative estimate of drug-likeness (QED) is 0.330. The maximum atomic E-state index is 13.3. The average molecular weight is 509 g/mol. The number of ether oxygens (including phenoxy) is 1. The Bertz CT molecular complexity index is 1680. The van der Waals surface area contributed by atoms with E-state index < -0.39 is 0 Å². The molecule has 0 saturated carbocycles. The lowest BCUT2D eigenvalue weighted by atomic mass is 10.1. The van der Waals surface area contributed by atoms with Gasteiger partial charge in [-0.3, -0.25) is 9.78 Å². The molecule has 5 heterocycles. The second-order valence-electron chi connectivity index (χ2n) is 9.41. The molecular formula is C28H28N8O2. The van der Waals surface area contributed by atoms with E-state index in [1.54, 1.807) is 27.8 Å². The number of pyridine rings is 2. The number of fused-ring (bicyclic) bond motifs is 2. The van der Waals surface area contributed by atoms with Crippen LogP contribution in [0.25, 0.3) is 27.8 Å². The number of nitrogens with one attached hydrogen (secondary N) is 1. The van der Waals surface area contributed by atoms with Gasteiger partial charge in [-0.25, -0.2) is 14.3 Å². The van der Waals surface area contributed by atoms with Gasteiger partial charge in [-0.1, -0.05) is 24.3 Å². The van der Waals surface area contributed by atoms with E-state index in [4.69, 9.17) is 14.7 Å². The monoisotopic (exact) mass is 508 g/mol. The van der Waals surface area contributed by atoms with Gasteiger partial charge in [0, 0.05) is 42.6 Å². The molecule has 0 atom stereocenters. The summed E-state index contributed by atoms with van der Waals surface area (Å²) < 4.78 is 9.47. The van der Waals surface area contributed by atoms with Crippen LogP contribution in [0.3, 0.4) is 0 Å². The van der Waals surface area contributed by atoms with Crippen LogP contribution in [-0.2, 0) is 6.54 Å². The molecule has 0 amide bonds. The van der Waals surface area contributed by atoms with Crippen LogP contribution in [0.5, 0.6) is 5.88 Å². The summed E-state index contributed by atoms with van der Waals surface area (Å²) in [6.07, 6.45) is 6.98. The normalized spacial score (nSPS) is 14.7. The molecule has 1 aliphatic rings. The molecule has 6 rings (SSSR count). The van der Waals surface area contributed by atoms with Crippen LogP contribution in [0.4, 0.5) is 11.6 Å². The fourth-order valence-corrected chi connectivity index (χ4v) is 4.74. The lowest BCUT2D eigenvalue weighted by Crippen LogP contribution is -2.35. The number of rotatable bonds is 7. The summed E-state index contributed by atoms with van der Waals surface area (Å²) in [5.74, 6) is 1.41. The summed E-state index contributed by atoms with van der Waals surface area (Å²) >= 11 is 0. The molecule has 1 saturated heterocycles. The lowest BCUT2D eigenvalue weighted by molar-refractivity contribution is 0.110. The maximum Gasteiger partial charge on any atom is 0.278 e. The van der Waals surface area contributed by atoms with Crippen LogP contribution < -0.4 is 15.6 Å². The van der Waals surface area contributed by atoms with Gasteiger partial charge in [-0.15, -0.1) is 6.58 Å². The van der Waals surface area contributed by atoms with Gasteiger partial charge in [0.2, 0.25) is 11.8 Å². The molecule has 38 heavy (non-hydrogen) atoms. The first kappa shape index (κ1) is 23.8. The van der Waals surface area contributed by atoms with Crippen molar-refractivity contribution in [2.75, 3.05) is 25.5 Å². The molecule has 0 unspecified atom stereocenters. The molecule has 1 fully saturated rings. The maximum absolute atomic E-state index is 13.3. The summed E-state index contributed by atoms with van der Waals surface area (Å²) in [5.41, 5.74) is 1.88. The van der Waals surface area contributed by atoms with Crippen molar-refractivity contribution in [1.82, 2.24) is 34.2 Å². The van der Waals surface area contributed by atoms with Gasteiger partial charge in [0.1, 0.15) is 11.5 Å². The Morgan fingerprint density at radius 2 is 1.97 bits per heavy atom. The van der Waals surface area contributed by atoms with Gasteiger partial charge in [-0.2, -0.15) is 9.97 Å².